The highest BCUT2D eigenvalue weighted by atomic mass is 33.1. The summed E-state index contributed by atoms with van der Waals surface area (Å²) in [6, 6.07) is 9.43. The van der Waals surface area contributed by atoms with Crippen molar-refractivity contribution in [3.05, 3.63) is 48.5 Å². The number of halogens is 6. The Balaban J connectivity index is 1.98. The van der Waals surface area contributed by atoms with Crippen molar-refractivity contribution < 1.29 is 23.3 Å². The summed E-state index contributed by atoms with van der Waals surface area (Å²) in [6.45, 7) is 0. The highest BCUT2D eigenvalue weighted by molar-refractivity contribution is 8.76. The summed E-state index contributed by atoms with van der Waals surface area (Å²) in [6.07, 6.45) is 0. The lowest BCUT2D eigenvalue weighted by atomic mass is 10.4. The van der Waals surface area contributed by atoms with Crippen LogP contribution < -0.4 is 0 Å². The van der Waals surface area contributed by atoms with E-state index in [2.05, 4.69) is 0 Å². The second-order valence-electron chi connectivity index (χ2n) is 3.92. The van der Waals surface area contributed by atoms with Crippen molar-refractivity contribution >= 4 is 44.0 Å². The number of hydrogen-bond donors (Lipinski definition) is 0. The van der Waals surface area contributed by atoms with Crippen LogP contribution in [0.25, 0.3) is 0 Å². The molecule has 0 heterocycles. The van der Waals surface area contributed by atoms with E-state index in [9.17, 15) is 23.3 Å². The average Bonchev–Trinajstić information content (AvgIpc) is 2.44. The van der Waals surface area contributed by atoms with E-state index in [0.29, 0.717) is 9.79 Å². The van der Waals surface area contributed by atoms with Crippen molar-refractivity contribution in [1.29, 1.82) is 0 Å². The first-order valence-electron chi connectivity index (χ1n) is 5.55. The Morgan fingerprint density at radius 1 is 0.500 bits per heavy atom. The van der Waals surface area contributed by atoms with E-state index < -0.39 is 32.2 Å². The zero-order chi connectivity index (χ0) is 16.4. The van der Waals surface area contributed by atoms with Gasteiger partial charge in [0, 0.05) is 9.79 Å². The van der Waals surface area contributed by atoms with Gasteiger partial charge in [-0.3, -0.25) is 0 Å². The Morgan fingerprint density at radius 3 is 1.00 bits per heavy atom. The predicted molar refractivity (Wildman–Crippen MR) is 83.0 cm³/mol. The lowest BCUT2D eigenvalue weighted by Gasteiger charge is -2.11. The van der Waals surface area contributed by atoms with Crippen molar-refractivity contribution in [1.82, 2.24) is 0 Å². The summed E-state index contributed by atoms with van der Waals surface area (Å²) in [4.78, 5) is -0.107. The molecule has 2 rings (SSSR count). The van der Waals surface area contributed by atoms with Crippen LogP contribution >= 0.6 is 44.0 Å². The Bertz CT molecular complexity index is 561. The summed E-state index contributed by atoms with van der Waals surface area (Å²) in [5, 5.41) is 0. The number of hydrogen-bond acceptors (Lipinski definition) is 2. The number of rotatable bonds is 5. The summed E-state index contributed by atoms with van der Waals surface area (Å²) >= 11 is -10.5. The topological polar surface area (TPSA) is 0 Å². The predicted octanol–water partition coefficient (Wildman–Crippen LogP) is 8.12. The highest BCUT2D eigenvalue weighted by Gasteiger charge is 2.24. The fourth-order valence-corrected chi connectivity index (χ4v) is 4.22. The van der Waals surface area contributed by atoms with E-state index in [-0.39, 0.29) is 0 Å². The quantitative estimate of drug-likeness (QED) is 0.371. The van der Waals surface area contributed by atoms with Gasteiger partial charge in [0.15, 0.2) is 0 Å². The third-order valence-corrected chi connectivity index (χ3v) is 6.45. The van der Waals surface area contributed by atoms with Gasteiger partial charge in [-0.05, 0) is 48.5 Å². The minimum atomic E-state index is -5.23. The van der Waals surface area contributed by atoms with Crippen molar-refractivity contribution in [2.45, 2.75) is 19.6 Å². The zero-order valence-corrected chi connectivity index (χ0v) is 13.8. The normalized spacial score (nSPS) is 13.9. The molecule has 122 valence electrons. The molecule has 22 heavy (non-hydrogen) atoms. The average molecular weight is 394 g/mol. The summed E-state index contributed by atoms with van der Waals surface area (Å²) in [5.74, 6) is 0. The molecule has 0 saturated heterocycles. The Hall–Kier alpha value is -0.580. The van der Waals surface area contributed by atoms with Crippen molar-refractivity contribution in [3.8, 4) is 0 Å². The van der Waals surface area contributed by atoms with Gasteiger partial charge in [0.1, 0.15) is 0 Å². The smallest absolute Gasteiger partial charge is 0.120 e. The van der Waals surface area contributed by atoms with Crippen LogP contribution in [0.5, 0.6) is 0 Å². The molecule has 0 fully saturated rings. The van der Waals surface area contributed by atoms with Crippen LogP contribution in [0.1, 0.15) is 0 Å². The van der Waals surface area contributed by atoms with Gasteiger partial charge in [0.05, 0.1) is 9.79 Å². The minimum absolute atomic E-state index is 0.600. The van der Waals surface area contributed by atoms with E-state index in [0.717, 1.165) is 24.3 Å². The molecule has 0 N–H and O–H groups in total. The molecule has 0 spiro atoms. The summed E-state index contributed by atoms with van der Waals surface area (Å²) in [7, 11) is 2.38. The van der Waals surface area contributed by atoms with Crippen molar-refractivity contribution in [3.63, 3.8) is 0 Å². The molecule has 0 saturated carbocycles. The molecule has 0 aliphatic carbocycles. The first-order chi connectivity index (χ1) is 10.2. The minimum Gasteiger partial charge on any atom is -0.120 e. The molecule has 0 amide bonds. The lowest BCUT2D eigenvalue weighted by Crippen LogP contribution is -1.80. The highest BCUT2D eigenvalue weighted by Crippen LogP contribution is 2.61. The van der Waals surface area contributed by atoms with Crippen LogP contribution in [-0.2, 0) is 0 Å². The lowest BCUT2D eigenvalue weighted by molar-refractivity contribution is 0.631. The Morgan fingerprint density at radius 2 is 0.773 bits per heavy atom. The maximum atomic E-state index is 12.5. The molecule has 0 aliphatic heterocycles. The van der Waals surface area contributed by atoms with Crippen molar-refractivity contribution in [2.75, 3.05) is 0 Å². The molecule has 0 unspecified atom stereocenters. The van der Waals surface area contributed by atoms with Gasteiger partial charge in [-0.15, -0.1) is 23.3 Å². The zero-order valence-electron chi connectivity index (χ0n) is 10.5. The van der Waals surface area contributed by atoms with Gasteiger partial charge in [-0.2, -0.15) is 0 Å². The van der Waals surface area contributed by atoms with E-state index in [4.69, 9.17) is 0 Å². The van der Waals surface area contributed by atoms with Crippen LogP contribution in [0.15, 0.2) is 68.1 Å². The van der Waals surface area contributed by atoms with Crippen LogP contribution in [0.4, 0.5) is 23.3 Å². The van der Waals surface area contributed by atoms with E-state index in [1.807, 2.05) is 0 Å². The van der Waals surface area contributed by atoms with Crippen LogP contribution in [0.2, 0.25) is 0 Å². The molecular formula is C12H8F6S4. The van der Waals surface area contributed by atoms with Gasteiger partial charge in [-0.1, -0.05) is 21.6 Å². The molecule has 0 aliphatic rings. The standard InChI is InChI=1S/C12H8F6S4/c13-21(14,15)11-5-1-9(2-6-11)19-20-10-3-7-12(8-4-10)22(16,17)18/h1-8H. The fraction of sp³-hybridized carbons (Fsp3) is 0. The molecular weight excluding hydrogens is 386 g/mol. The van der Waals surface area contributed by atoms with E-state index in [1.54, 1.807) is 0 Å². The largest absolute Gasteiger partial charge is 0.237 e. The second-order valence-corrected chi connectivity index (χ2v) is 8.77. The molecule has 0 aromatic heterocycles. The maximum absolute atomic E-state index is 12.5. The van der Waals surface area contributed by atoms with Gasteiger partial charge < -0.3 is 0 Å². The van der Waals surface area contributed by atoms with E-state index >= 15 is 0 Å². The second kappa shape index (κ2) is 6.90. The first kappa shape index (κ1) is 17.8. The third-order valence-electron chi connectivity index (χ3n) is 2.42. The molecule has 10 heteroatoms. The molecule has 0 nitrogen and oxygen atoms in total. The molecule has 0 bridgehead atoms. The maximum Gasteiger partial charge on any atom is 0.237 e. The van der Waals surface area contributed by atoms with Gasteiger partial charge in [-0.25, -0.2) is 0 Å². The van der Waals surface area contributed by atoms with Gasteiger partial charge >= 0.3 is 0 Å². The van der Waals surface area contributed by atoms with Crippen molar-refractivity contribution in [2.24, 2.45) is 0 Å². The third kappa shape index (κ3) is 4.97. The Kier molecular flexibility index (Phi) is 5.57. The van der Waals surface area contributed by atoms with Crippen LogP contribution in [0, 0.1) is 0 Å². The first-order valence-corrected chi connectivity index (χ1v) is 10.4. The number of benzene rings is 2. The van der Waals surface area contributed by atoms with Gasteiger partial charge in [0.2, 0.25) is 22.4 Å². The van der Waals surface area contributed by atoms with Crippen LogP contribution in [-0.4, -0.2) is 0 Å². The molecule has 2 aromatic rings. The summed E-state index contributed by atoms with van der Waals surface area (Å²) < 4.78 is 74.9. The molecule has 0 atom stereocenters. The molecule has 2 aromatic carbocycles. The van der Waals surface area contributed by atoms with Crippen LogP contribution in [0.3, 0.4) is 0 Å². The fourth-order valence-electron chi connectivity index (χ4n) is 1.40. The Labute approximate surface area is 135 Å². The monoisotopic (exact) mass is 394 g/mol. The van der Waals surface area contributed by atoms with E-state index in [1.165, 1.54) is 45.9 Å². The van der Waals surface area contributed by atoms with Gasteiger partial charge in [0.25, 0.3) is 0 Å². The SMILES string of the molecule is FS(F)(F)c1ccc(SSc2ccc(S(F)(F)F)cc2)cc1. The summed E-state index contributed by atoms with van der Waals surface area (Å²) in [5.41, 5.74) is 0. The molecule has 0 radical (unpaired) electrons.